The van der Waals surface area contributed by atoms with Crippen molar-refractivity contribution in [3.8, 4) is 11.1 Å². The van der Waals surface area contributed by atoms with E-state index < -0.39 is 23.5 Å². The number of carboxylic acids is 1. The molecule has 3 aliphatic rings. The summed E-state index contributed by atoms with van der Waals surface area (Å²) in [5, 5.41) is 15.1. The number of fused-ring (bicyclic) bond motifs is 3. The maximum atomic E-state index is 13.2. The number of aliphatic carboxylic acids is 1. The van der Waals surface area contributed by atoms with Crippen LogP contribution >= 0.6 is 0 Å². The van der Waals surface area contributed by atoms with E-state index in [9.17, 15) is 19.5 Å². The Kier molecular flexibility index (Phi) is 6.02. The van der Waals surface area contributed by atoms with Gasteiger partial charge in [-0.3, -0.25) is 9.59 Å². The molecule has 0 bridgehead atoms. The largest absolute Gasteiger partial charge is 0.481 e. The zero-order valence-electron chi connectivity index (χ0n) is 19.1. The quantitative estimate of drug-likeness (QED) is 0.597. The van der Waals surface area contributed by atoms with Crippen LogP contribution in [0.1, 0.15) is 62.0 Å². The molecule has 2 saturated carbocycles. The number of carboxylic acid groups (broad SMARTS) is 1. The molecule has 0 spiro atoms. The summed E-state index contributed by atoms with van der Waals surface area (Å²) in [5.41, 5.74) is 3.60. The Balaban J connectivity index is 1.23. The second-order valence-corrected chi connectivity index (χ2v) is 9.76. The number of alkyl carbamates (subject to hydrolysis) is 1. The molecular weight excluding hydrogens is 432 g/mol. The Morgan fingerprint density at radius 3 is 2.15 bits per heavy atom. The zero-order chi connectivity index (χ0) is 23.7. The minimum absolute atomic E-state index is 0.0436. The van der Waals surface area contributed by atoms with E-state index in [1.807, 2.05) is 24.3 Å². The molecule has 178 valence electrons. The lowest BCUT2D eigenvalue weighted by Crippen LogP contribution is -2.58. The second-order valence-electron chi connectivity index (χ2n) is 9.76. The van der Waals surface area contributed by atoms with E-state index in [2.05, 4.69) is 34.9 Å². The lowest BCUT2D eigenvalue weighted by molar-refractivity contribution is -0.141. The summed E-state index contributed by atoms with van der Waals surface area (Å²) < 4.78 is 5.69. The zero-order valence-corrected chi connectivity index (χ0v) is 19.1. The van der Waals surface area contributed by atoms with Crippen LogP contribution < -0.4 is 10.6 Å². The molecule has 2 aromatic rings. The van der Waals surface area contributed by atoms with Gasteiger partial charge in [-0.2, -0.15) is 0 Å². The third-order valence-electron chi connectivity index (χ3n) is 7.69. The molecule has 0 aliphatic heterocycles. The SMILES string of the molecule is O=C(NC1(C(=O)N[C@H]2CC[C@@H](C(=O)O)C2)CCCC1)OCC1c2ccccc2-c2ccccc21. The van der Waals surface area contributed by atoms with Crippen molar-refractivity contribution in [2.45, 2.75) is 62.4 Å². The molecule has 2 atom stereocenters. The highest BCUT2D eigenvalue weighted by atomic mass is 16.5. The fraction of sp³-hybridized carbons (Fsp3) is 0.444. The van der Waals surface area contributed by atoms with Gasteiger partial charge in [-0.25, -0.2) is 4.79 Å². The van der Waals surface area contributed by atoms with Crippen LogP contribution in [0.3, 0.4) is 0 Å². The van der Waals surface area contributed by atoms with E-state index in [4.69, 9.17) is 4.74 Å². The first-order valence-electron chi connectivity index (χ1n) is 12.1. The van der Waals surface area contributed by atoms with Gasteiger partial charge in [0.25, 0.3) is 0 Å². The van der Waals surface area contributed by atoms with Gasteiger partial charge in [0.15, 0.2) is 0 Å². The van der Waals surface area contributed by atoms with Gasteiger partial charge < -0.3 is 20.5 Å². The molecule has 0 unspecified atom stereocenters. The van der Waals surface area contributed by atoms with Gasteiger partial charge in [-0.05, 0) is 54.4 Å². The third-order valence-corrected chi connectivity index (χ3v) is 7.69. The van der Waals surface area contributed by atoms with Crippen LogP contribution in [0.15, 0.2) is 48.5 Å². The normalized spacial score (nSPS) is 22.6. The maximum absolute atomic E-state index is 13.2. The fourth-order valence-electron chi connectivity index (χ4n) is 5.88. The minimum atomic E-state index is -0.996. The number of carbonyl (C=O) groups is 3. The Bertz CT molecular complexity index is 1060. The van der Waals surface area contributed by atoms with Gasteiger partial charge in [0, 0.05) is 12.0 Å². The average molecular weight is 463 g/mol. The summed E-state index contributed by atoms with van der Waals surface area (Å²) in [7, 11) is 0. The number of hydrogen-bond acceptors (Lipinski definition) is 4. The Morgan fingerprint density at radius 1 is 0.941 bits per heavy atom. The molecule has 3 N–H and O–H groups in total. The number of nitrogens with one attached hydrogen (secondary N) is 2. The highest BCUT2D eigenvalue weighted by molar-refractivity contribution is 5.90. The first kappa shape index (κ1) is 22.4. The van der Waals surface area contributed by atoms with Crippen LogP contribution in [0.2, 0.25) is 0 Å². The van der Waals surface area contributed by atoms with Gasteiger partial charge >= 0.3 is 12.1 Å². The topological polar surface area (TPSA) is 105 Å². The number of carbonyl (C=O) groups excluding carboxylic acids is 2. The number of hydrogen-bond donors (Lipinski definition) is 3. The third kappa shape index (κ3) is 4.15. The van der Waals surface area contributed by atoms with Crippen LogP contribution in [0.4, 0.5) is 4.79 Å². The van der Waals surface area contributed by atoms with Crippen molar-refractivity contribution >= 4 is 18.0 Å². The molecule has 2 amide bonds. The van der Waals surface area contributed by atoms with Crippen LogP contribution in [-0.2, 0) is 14.3 Å². The molecule has 3 aliphatic carbocycles. The van der Waals surface area contributed by atoms with Crippen LogP contribution in [-0.4, -0.2) is 41.3 Å². The molecule has 2 fully saturated rings. The Morgan fingerprint density at radius 2 is 1.56 bits per heavy atom. The van der Waals surface area contributed by atoms with Gasteiger partial charge in [0.1, 0.15) is 12.1 Å². The van der Waals surface area contributed by atoms with Crippen LogP contribution in [0.5, 0.6) is 0 Å². The summed E-state index contributed by atoms with van der Waals surface area (Å²) in [6.07, 6.45) is 3.85. The first-order valence-corrected chi connectivity index (χ1v) is 12.1. The predicted octanol–water partition coefficient (Wildman–Crippen LogP) is 4.21. The molecule has 34 heavy (non-hydrogen) atoms. The highest BCUT2D eigenvalue weighted by Gasteiger charge is 2.44. The number of ether oxygens (including phenoxy) is 1. The van der Waals surface area contributed by atoms with Gasteiger partial charge in [0.05, 0.1) is 5.92 Å². The monoisotopic (exact) mass is 462 g/mol. The van der Waals surface area contributed by atoms with Gasteiger partial charge in [0.2, 0.25) is 5.91 Å². The Hall–Kier alpha value is -3.35. The van der Waals surface area contributed by atoms with Crippen LogP contribution in [0.25, 0.3) is 11.1 Å². The van der Waals surface area contributed by atoms with Crippen molar-refractivity contribution in [2.24, 2.45) is 5.92 Å². The molecule has 7 nitrogen and oxygen atoms in total. The average Bonchev–Trinajstić information content (AvgIpc) is 3.56. The molecule has 0 aromatic heterocycles. The number of benzene rings is 2. The number of amides is 2. The molecule has 0 radical (unpaired) electrons. The highest BCUT2D eigenvalue weighted by Crippen LogP contribution is 2.44. The Labute approximate surface area is 198 Å². The van der Waals surface area contributed by atoms with E-state index >= 15 is 0 Å². The molecule has 0 heterocycles. The van der Waals surface area contributed by atoms with Crippen molar-refractivity contribution in [1.82, 2.24) is 10.6 Å². The van der Waals surface area contributed by atoms with E-state index in [0.717, 1.165) is 35.1 Å². The van der Waals surface area contributed by atoms with E-state index in [1.165, 1.54) is 0 Å². The summed E-state index contributed by atoms with van der Waals surface area (Å²) in [4.78, 5) is 37.3. The summed E-state index contributed by atoms with van der Waals surface area (Å²) in [6, 6.07) is 16.2. The second kappa shape index (κ2) is 9.12. The minimum Gasteiger partial charge on any atom is -0.481 e. The molecule has 7 heteroatoms. The fourth-order valence-corrected chi connectivity index (χ4v) is 5.88. The summed E-state index contributed by atoms with van der Waals surface area (Å²) in [5.74, 6) is -1.50. The lowest BCUT2D eigenvalue weighted by Gasteiger charge is -2.30. The van der Waals surface area contributed by atoms with Crippen molar-refractivity contribution in [3.63, 3.8) is 0 Å². The molecule has 5 rings (SSSR count). The van der Waals surface area contributed by atoms with Crippen molar-refractivity contribution in [1.29, 1.82) is 0 Å². The first-order chi connectivity index (χ1) is 16.5. The standard InChI is InChI=1S/C27H30N2O5/c30-24(31)17-11-12-18(15-17)28-25(32)27(13-5-6-14-27)29-26(33)34-16-23-21-9-3-1-7-19(21)20-8-2-4-10-22(20)23/h1-4,7-10,17-18,23H,5-6,11-16H2,(H,28,32)(H,29,33)(H,30,31)/t17-,18+/m1/s1. The molecule has 0 saturated heterocycles. The molecule has 2 aromatic carbocycles. The van der Waals surface area contributed by atoms with Crippen molar-refractivity contribution in [3.05, 3.63) is 59.7 Å². The lowest BCUT2D eigenvalue weighted by atomic mass is 9.95. The summed E-state index contributed by atoms with van der Waals surface area (Å²) >= 11 is 0. The smallest absolute Gasteiger partial charge is 0.408 e. The van der Waals surface area contributed by atoms with E-state index in [1.54, 1.807) is 0 Å². The summed E-state index contributed by atoms with van der Waals surface area (Å²) in [6.45, 7) is 0.195. The van der Waals surface area contributed by atoms with Crippen molar-refractivity contribution in [2.75, 3.05) is 6.61 Å². The van der Waals surface area contributed by atoms with Gasteiger partial charge in [-0.15, -0.1) is 0 Å². The predicted molar refractivity (Wildman–Crippen MR) is 126 cm³/mol. The van der Waals surface area contributed by atoms with Crippen molar-refractivity contribution < 1.29 is 24.2 Å². The van der Waals surface area contributed by atoms with E-state index in [0.29, 0.717) is 32.1 Å². The molecular formula is C27H30N2O5. The van der Waals surface area contributed by atoms with Crippen LogP contribution in [0, 0.1) is 5.92 Å². The number of rotatable bonds is 6. The van der Waals surface area contributed by atoms with E-state index in [-0.39, 0.29) is 24.5 Å². The maximum Gasteiger partial charge on any atom is 0.408 e. The van der Waals surface area contributed by atoms with Gasteiger partial charge in [-0.1, -0.05) is 61.4 Å².